The minimum absolute atomic E-state index is 0.0185. The molecule has 1 aliphatic carbocycles. The zero-order valence-electron chi connectivity index (χ0n) is 4.96. The lowest BCUT2D eigenvalue weighted by molar-refractivity contribution is 0.992. The maximum absolute atomic E-state index is 5.67. The van der Waals surface area contributed by atoms with Gasteiger partial charge in [-0.1, -0.05) is 5.17 Å². The van der Waals surface area contributed by atoms with Gasteiger partial charge in [0.1, 0.15) is 0 Å². The molecule has 2 aliphatic rings. The second kappa shape index (κ2) is 1.27. The molecule has 3 nitrogen and oxygen atoms in total. The summed E-state index contributed by atoms with van der Waals surface area (Å²) in [6, 6.07) is 0.0185. The zero-order valence-corrected chi connectivity index (χ0v) is 6.12. The Kier molecular flexibility index (Phi) is 0.734. The third-order valence-corrected chi connectivity index (χ3v) is 3.74. The molecule has 4 heteroatoms. The number of fused-ring (bicyclic) bond motifs is 1. The van der Waals surface area contributed by atoms with Crippen LogP contribution in [0.15, 0.2) is 11.4 Å². The van der Waals surface area contributed by atoms with Crippen LogP contribution < -0.4 is 17.2 Å². The van der Waals surface area contributed by atoms with Crippen molar-refractivity contribution in [2.45, 2.75) is 11.6 Å². The Morgan fingerprint density at radius 3 is 2.11 bits per heavy atom. The van der Waals surface area contributed by atoms with E-state index in [4.69, 9.17) is 17.2 Å². The predicted octanol–water partition coefficient (Wildman–Crippen LogP) is -2.13. The highest BCUT2D eigenvalue weighted by Gasteiger charge is 2.40. The fraction of sp³-hybridized carbons (Fsp3) is 0.400. The molecule has 0 spiro atoms. The van der Waals surface area contributed by atoms with Crippen molar-refractivity contribution in [1.82, 2.24) is 0 Å². The predicted molar refractivity (Wildman–Crippen MR) is 39.3 cm³/mol. The molecule has 1 heterocycles. The summed E-state index contributed by atoms with van der Waals surface area (Å²) >= 11 is 0. The number of hydrogen-bond donors (Lipinski definition) is 3. The van der Waals surface area contributed by atoms with Crippen molar-refractivity contribution >= 4 is 14.3 Å². The van der Waals surface area contributed by atoms with E-state index in [1.165, 1.54) is 5.17 Å². The van der Waals surface area contributed by atoms with E-state index in [-0.39, 0.29) is 6.04 Å². The van der Waals surface area contributed by atoms with E-state index < -0.39 is 0 Å². The number of nitrogens with two attached hydrogens (primary N) is 3. The molecule has 0 saturated carbocycles. The summed E-state index contributed by atoms with van der Waals surface area (Å²) in [5.74, 6) is 0. The lowest BCUT2D eigenvalue weighted by Crippen LogP contribution is -2.29. The van der Waals surface area contributed by atoms with Crippen LogP contribution in [0.1, 0.15) is 0 Å². The summed E-state index contributed by atoms with van der Waals surface area (Å²) in [4.78, 5) is 0. The fourth-order valence-electron chi connectivity index (χ4n) is 1.25. The Morgan fingerprint density at radius 1 is 1.22 bits per heavy atom. The average Bonchev–Trinajstić information content (AvgIpc) is 2.56. The molecule has 0 amide bonds. The smallest absolute Gasteiger partial charge is 0.0640 e. The largest absolute Gasteiger partial charge is 0.400 e. The van der Waals surface area contributed by atoms with Gasteiger partial charge in [0.05, 0.1) is 6.04 Å². The average molecular weight is 139 g/mol. The third kappa shape index (κ3) is 0.469. The van der Waals surface area contributed by atoms with Gasteiger partial charge in [0.25, 0.3) is 0 Å². The first-order valence-electron chi connectivity index (χ1n) is 2.94. The van der Waals surface area contributed by atoms with Crippen molar-refractivity contribution in [2.24, 2.45) is 17.2 Å². The summed E-state index contributed by atoms with van der Waals surface area (Å²) in [7, 11) is 0.427. The van der Waals surface area contributed by atoms with Crippen molar-refractivity contribution in [1.29, 1.82) is 0 Å². The van der Waals surface area contributed by atoms with Gasteiger partial charge in [-0.05, 0) is 0 Å². The molecule has 2 atom stereocenters. The Bertz CT molecular complexity index is 226. The highest BCUT2D eigenvalue weighted by Crippen LogP contribution is 2.33. The molecule has 0 radical (unpaired) electrons. The van der Waals surface area contributed by atoms with E-state index in [0.717, 1.165) is 5.70 Å². The molecule has 2 unspecified atom stereocenters. The number of rotatable bonds is 0. The Labute approximate surface area is 55.3 Å². The highest BCUT2D eigenvalue weighted by atomic mass is 28.2. The van der Waals surface area contributed by atoms with Crippen molar-refractivity contribution in [2.75, 3.05) is 0 Å². The first-order chi connectivity index (χ1) is 4.22. The van der Waals surface area contributed by atoms with Crippen LogP contribution >= 0.6 is 0 Å². The second-order valence-corrected chi connectivity index (χ2v) is 4.20. The molecule has 0 aromatic rings. The highest BCUT2D eigenvalue weighted by molar-refractivity contribution is 6.80. The van der Waals surface area contributed by atoms with Crippen LogP contribution in [0.4, 0.5) is 0 Å². The molecule has 0 saturated heterocycles. The Morgan fingerprint density at radius 2 is 1.89 bits per heavy atom. The first-order valence-corrected chi connectivity index (χ1v) is 4.18. The maximum Gasteiger partial charge on any atom is 0.0640 e. The van der Waals surface area contributed by atoms with Gasteiger partial charge in [-0.2, -0.15) is 0 Å². The summed E-state index contributed by atoms with van der Waals surface area (Å²) in [5.41, 5.74) is 19.0. The van der Waals surface area contributed by atoms with Crippen LogP contribution in [-0.2, 0) is 0 Å². The van der Waals surface area contributed by atoms with Crippen LogP contribution in [0.2, 0.25) is 5.54 Å². The van der Waals surface area contributed by atoms with Crippen LogP contribution in [-0.4, -0.2) is 20.3 Å². The Balaban J connectivity index is 2.38. The molecule has 0 fully saturated rings. The molecule has 9 heavy (non-hydrogen) atoms. The molecular weight excluding hydrogens is 130 g/mol. The summed E-state index contributed by atoms with van der Waals surface area (Å²) in [6.07, 6.45) is 0. The van der Waals surface area contributed by atoms with Gasteiger partial charge in [0.15, 0.2) is 0 Å². The topological polar surface area (TPSA) is 78.1 Å². The minimum atomic E-state index is 0.0185. The standard InChI is InChI=1S/C5H9N3Si/c6-1-2(7)4-5(9-4)3(1)8/h2,5,9H,6-8H2. The van der Waals surface area contributed by atoms with Crippen molar-refractivity contribution in [3.63, 3.8) is 0 Å². The van der Waals surface area contributed by atoms with Crippen molar-refractivity contribution in [3.8, 4) is 0 Å². The Hall–Kier alpha value is -0.613. The zero-order chi connectivity index (χ0) is 6.59. The van der Waals surface area contributed by atoms with Gasteiger partial charge in [-0.25, -0.2) is 0 Å². The summed E-state index contributed by atoms with van der Waals surface area (Å²) < 4.78 is 0. The van der Waals surface area contributed by atoms with E-state index >= 15 is 0 Å². The maximum atomic E-state index is 5.67. The molecule has 0 bridgehead atoms. The normalized spacial score (nSPS) is 38.6. The minimum Gasteiger partial charge on any atom is -0.400 e. The van der Waals surface area contributed by atoms with Crippen LogP contribution in [0.25, 0.3) is 0 Å². The van der Waals surface area contributed by atoms with Gasteiger partial charge in [0.2, 0.25) is 0 Å². The molecule has 48 valence electrons. The SMILES string of the molecule is NC1=C(N)C2[SiH]=C2C1N. The van der Waals surface area contributed by atoms with Crippen molar-refractivity contribution in [3.05, 3.63) is 11.4 Å². The molecule has 1 aliphatic heterocycles. The van der Waals surface area contributed by atoms with E-state index in [2.05, 4.69) is 0 Å². The number of hydrogen-bond acceptors (Lipinski definition) is 3. The van der Waals surface area contributed by atoms with Crippen LogP contribution in [0.3, 0.4) is 0 Å². The number of allylic oxidation sites excluding steroid dienone is 1. The van der Waals surface area contributed by atoms with Gasteiger partial charge in [0, 0.05) is 26.1 Å². The quantitative estimate of drug-likeness (QED) is 0.335. The van der Waals surface area contributed by atoms with Gasteiger partial charge < -0.3 is 17.2 Å². The first kappa shape index (κ1) is 5.19. The van der Waals surface area contributed by atoms with Crippen LogP contribution in [0.5, 0.6) is 0 Å². The second-order valence-electron chi connectivity index (χ2n) is 2.53. The molecule has 6 N–H and O–H groups in total. The fourth-order valence-corrected chi connectivity index (χ4v) is 2.68. The van der Waals surface area contributed by atoms with Crippen LogP contribution in [0, 0.1) is 0 Å². The molecule has 0 aromatic carbocycles. The van der Waals surface area contributed by atoms with Gasteiger partial charge in [-0.15, -0.1) is 0 Å². The van der Waals surface area contributed by atoms with Gasteiger partial charge in [-0.3, -0.25) is 0 Å². The monoisotopic (exact) mass is 139 g/mol. The lowest BCUT2D eigenvalue weighted by atomic mass is 10.2. The molecule has 2 rings (SSSR count). The summed E-state index contributed by atoms with van der Waals surface area (Å²) in [5, 5.41) is 1.41. The van der Waals surface area contributed by atoms with Gasteiger partial charge >= 0.3 is 0 Å². The van der Waals surface area contributed by atoms with E-state index in [0.29, 0.717) is 20.4 Å². The van der Waals surface area contributed by atoms with E-state index in [1.54, 1.807) is 0 Å². The van der Waals surface area contributed by atoms with Crippen molar-refractivity contribution < 1.29 is 0 Å². The third-order valence-electron chi connectivity index (χ3n) is 1.97. The van der Waals surface area contributed by atoms with E-state index in [9.17, 15) is 0 Å². The molecule has 0 aromatic heterocycles. The summed E-state index contributed by atoms with van der Waals surface area (Å²) in [6.45, 7) is 0. The lowest BCUT2D eigenvalue weighted by Gasteiger charge is -2.02. The molecular formula is C5H9N3Si. The van der Waals surface area contributed by atoms with E-state index in [1.807, 2.05) is 0 Å².